The molecule has 3 aromatic rings. The summed E-state index contributed by atoms with van der Waals surface area (Å²) >= 11 is 1.77. The molecule has 1 fully saturated rings. The molecule has 4 rings (SSSR count). The van der Waals surface area contributed by atoms with E-state index in [-0.39, 0.29) is 0 Å². The molecule has 1 saturated heterocycles. The number of nitrogens with one attached hydrogen (secondary N) is 1. The van der Waals surface area contributed by atoms with E-state index in [1.165, 1.54) is 46.5 Å². The number of benzene rings is 1. The molecule has 0 unspecified atom stereocenters. The summed E-state index contributed by atoms with van der Waals surface area (Å²) in [5, 5.41) is 8.53. The Morgan fingerprint density at radius 1 is 1.40 bits per heavy atom. The first-order chi connectivity index (χ1) is 12.2. The minimum absolute atomic E-state index is 0.749. The summed E-state index contributed by atoms with van der Waals surface area (Å²) in [5.41, 5.74) is 5.66. The number of fused-ring (bicyclic) bond motifs is 1. The Kier molecular flexibility index (Phi) is 4.83. The van der Waals surface area contributed by atoms with Crippen molar-refractivity contribution in [2.75, 3.05) is 26.7 Å². The Hall–Kier alpha value is -1.76. The number of aromatic amines is 1. The largest absolute Gasteiger partial charge is 0.301 e. The number of rotatable bonds is 6. The zero-order valence-electron chi connectivity index (χ0n) is 14.9. The number of thiazole rings is 1. The normalized spacial score (nSPS) is 18.6. The molecular weight excluding hydrogens is 330 g/mol. The van der Waals surface area contributed by atoms with Gasteiger partial charge in [-0.05, 0) is 38.4 Å². The predicted molar refractivity (Wildman–Crippen MR) is 103 cm³/mol. The van der Waals surface area contributed by atoms with Gasteiger partial charge in [0.1, 0.15) is 0 Å². The van der Waals surface area contributed by atoms with Gasteiger partial charge in [0.2, 0.25) is 0 Å². The van der Waals surface area contributed by atoms with Crippen molar-refractivity contribution in [2.24, 2.45) is 5.92 Å². The standard InChI is InChI=1S/C19H25N5S/c1-14-18(25-13-20-14)12-23(2)9-15-6-7-24(10-15)11-17-5-3-4-16-8-21-22-19(16)17/h3-5,8,13,15H,6-7,9-12H2,1-2H3,(H,21,22)/t15-/m1/s1. The fraction of sp³-hybridized carbons (Fsp3) is 0.474. The number of hydrogen-bond donors (Lipinski definition) is 1. The Bertz CT molecular complexity index is 839. The highest BCUT2D eigenvalue weighted by Crippen LogP contribution is 2.23. The lowest BCUT2D eigenvalue weighted by Gasteiger charge is -2.21. The lowest BCUT2D eigenvalue weighted by Crippen LogP contribution is -2.28. The third kappa shape index (κ3) is 3.76. The van der Waals surface area contributed by atoms with Crippen LogP contribution in [-0.2, 0) is 13.1 Å². The second-order valence-corrected chi connectivity index (χ2v) is 8.14. The molecule has 1 N–H and O–H groups in total. The molecule has 0 bridgehead atoms. The maximum absolute atomic E-state index is 4.36. The maximum atomic E-state index is 4.36. The van der Waals surface area contributed by atoms with Gasteiger partial charge in [-0.25, -0.2) is 4.98 Å². The fourth-order valence-electron chi connectivity index (χ4n) is 3.84. The number of hydrogen-bond acceptors (Lipinski definition) is 5. The Morgan fingerprint density at radius 2 is 2.32 bits per heavy atom. The molecular formula is C19H25N5S. The van der Waals surface area contributed by atoms with Gasteiger partial charge in [0, 0.05) is 36.4 Å². The summed E-state index contributed by atoms with van der Waals surface area (Å²) in [6, 6.07) is 6.46. The van der Waals surface area contributed by atoms with Crippen LogP contribution < -0.4 is 0 Å². The van der Waals surface area contributed by atoms with Crippen LogP contribution in [0.4, 0.5) is 0 Å². The first kappa shape index (κ1) is 16.7. The van der Waals surface area contributed by atoms with E-state index in [1.807, 2.05) is 11.7 Å². The van der Waals surface area contributed by atoms with Crippen molar-refractivity contribution in [3.63, 3.8) is 0 Å². The molecule has 0 spiro atoms. The number of nitrogens with zero attached hydrogens (tertiary/aromatic N) is 4. The summed E-state index contributed by atoms with van der Waals surface area (Å²) < 4.78 is 0. The molecule has 25 heavy (non-hydrogen) atoms. The van der Waals surface area contributed by atoms with Crippen molar-refractivity contribution in [1.82, 2.24) is 25.0 Å². The minimum atomic E-state index is 0.749. The smallest absolute Gasteiger partial charge is 0.0798 e. The molecule has 132 valence electrons. The van der Waals surface area contributed by atoms with Crippen LogP contribution in [0.1, 0.15) is 22.6 Å². The first-order valence-electron chi connectivity index (χ1n) is 8.90. The maximum Gasteiger partial charge on any atom is 0.0798 e. The molecule has 1 aliphatic rings. The number of aryl methyl sites for hydroxylation is 1. The van der Waals surface area contributed by atoms with E-state index in [2.05, 4.69) is 57.2 Å². The average Bonchev–Trinajstić information content (AvgIpc) is 3.31. The molecule has 3 heterocycles. The molecule has 0 aliphatic carbocycles. The quantitative estimate of drug-likeness (QED) is 0.737. The average molecular weight is 356 g/mol. The van der Waals surface area contributed by atoms with Gasteiger partial charge >= 0.3 is 0 Å². The van der Waals surface area contributed by atoms with E-state index < -0.39 is 0 Å². The van der Waals surface area contributed by atoms with Crippen LogP contribution in [0.15, 0.2) is 29.9 Å². The van der Waals surface area contributed by atoms with Crippen molar-refractivity contribution in [3.8, 4) is 0 Å². The lowest BCUT2D eigenvalue weighted by atomic mass is 10.1. The molecule has 6 heteroatoms. The SMILES string of the molecule is Cc1ncsc1CN(C)C[C@H]1CCN(Cc2cccc3cn[nH]c23)C1. The number of aromatic nitrogens is 3. The van der Waals surface area contributed by atoms with Gasteiger partial charge in [0.05, 0.1) is 22.9 Å². The molecule has 0 saturated carbocycles. The van der Waals surface area contributed by atoms with Crippen LogP contribution in [0, 0.1) is 12.8 Å². The first-order valence-corrected chi connectivity index (χ1v) is 9.78. The van der Waals surface area contributed by atoms with Crippen LogP contribution >= 0.6 is 11.3 Å². The third-order valence-corrected chi connectivity index (χ3v) is 6.07. The Labute approximate surface area is 152 Å². The van der Waals surface area contributed by atoms with Crippen LogP contribution in [0.25, 0.3) is 10.9 Å². The van der Waals surface area contributed by atoms with E-state index in [4.69, 9.17) is 0 Å². The zero-order chi connectivity index (χ0) is 17.2. The topological polar surface area (TPSA) is 48.1 Å². The van der Waals surface area contributed by atoms with Gasteiger partial charge in [-0.3, -0.25) is 10.00 Å². The van der Waals surface area contributed by atoms with Crippen LogP contribution in [0.5, 0.6) is 0 Å². The molecule has 0 amide bonds. The molecule has 1 aliphatic heterocycles. The third-order valence-electron chi connectivity index (χ3n) is 5.16. The molecule has 1 atom stereocenters. The second-order valence-electron chi connectivity index (χ2n) is 7.20. The number of likely N-dealkylation sites (tertiary alicyclic amines) is 1. The van der Waals surface area contributed by atoms with E-state index >= 15 is 0 Å². The summed E-state index contributed by atoms with van der Waals surface area (Å²) in [5.74, 6) is 0.749. The van der Waals surface area contributed by atoms with Gasteiger partial charge in [-0.15, -0.1) is 11.3 Å². The summed E-state index contributed by atoms with van der Waals surface area (Å²) in [7, 11) is 2.23. The van der Waals surface area contributed by atoms with Gasteiger partial charge in [-0.1, -0.05) is 18.2 Å². The van der Waals surface area contributed by atoms with Crippen LogP contribution in [0.3, 0.4) is 0 Å². The van der Waals surface area contributed by atoms with Gasteiger partial charge < -0.3 is 4.90 Å². The fourth-order valence-corrected chi connectivity index (χ4v) is 4.69. The highest BCUT2D eigenvalue weighted by atomic mass is 32.1. The Morgan fingerprint density at radius 3 is 3.16 bits per heavy atom. The van der Waals surface area contributed by atoms with Crippen molar-refractivity contribution in [1.29, 1.82) is 0 Å². The highest BCUT2D eigenvalue weighted by molar-refractivity contribution is 7.09. The predicted octanol–water partition coefficient (Wildman–Crippen LogP) is 3.28. The van der Waals surface area contributed by atoms with Gasteiger partial charge in [0.15, 0.2) is 0 Å². The summed E-state index contributed by atoms with van der Waals surface area (Å²) in [4.78, 5) is 10.8. The van der Waals surface area contributed by atoms with Crippen LogP contribution in [0.2, 0.25) is 0 Å². The van der Waals surface area contributed by atoms with Crippen LogP contribution in [-0.4, -0.2) is 51.7 Å². The van der Waals surface area contributed by atoms with Gasteiger partial charge in [0.25, 0.3) is 0 Å². The van der Waals surface area contributed by atoms with Crippen molar-refractivity contribution < 1.29 is 0 Å². The van der Waals surface area contributed by atoms with E-state index in [1.54, 1.807) is 11.3 Å². The minimum Gasteiger partial charge on any atom is -0.301 e. The number of para-hydroxylation sites is 1. The van der Waals surface area contributed by atoms with E-state index in [9.17, 15) is 0 Å². The monoisotopic (exact) mass is 355 g/mol. The molecule has 1 aromatic carbocycles. The molecule has 5 nitrogen and oxygen atoms in total. The molecule has 2 aromatic heterocycles. The second kappa shape index (κ2) is 7.23. The molecule has 0 radical (unpaired) electrons. The highest BCUT2D eigenvalue weighted by Gasteiger charge is 2.24. The van der Waals surface area contributed by atoms with E-state index in [0.29, 0.717) is 0 Å². The van der Waals surface area contributed by atoms with E-state index in [0.717, 1.165) is 25.6 Å². The van der Waals surface area contributed by atoms with Crippen molar-refractivity contribution >= 4 is 22.2 Å². The zero-order valence-corrected chi connectivity index (χ0v) is 15.7. The summed E-state index contributed by atoms with van der Waals surface area (Å²) in [6.45, 7) is 7.64. The summed E-state index contributed by atoms with van der Waals surface area (Å²) in [6.07, 6.45) is 3.19. The van der Waals surface area contributed by atoms with Gasteiger partial charge in [-0.2, -0.15) is 5.10 Å². The number of H-pyrrole nitrogens is 1. The van der Waals surface area contributed by atoms with Crippen molar-refractivity contribution in [2.45, 2.75) is 26.4 Å². The van der Waals surface area contributed by atoms with Crippen molar-refractivity contribution in [3.05, 3.63) is 46.0 Å². The Balaban J connectivity index is 1.32. The lowest BCUT2D eigenvalue weighted by molar-refractivity contribution is 0.256.